The molecule has 11 heteroatoms. The van der Waals surface area contributed by atoms with E-state index in [4.69, 9.17) is 0 Å². The first-order valence-corrected chi connectivity index (χ1v) is 10.1. The van der Waals surface area contributed by atoms with E-state index in [-0.39, 0.29) is 27.9 Å². The smallest absolute Gasteiger partial charge is 0.317 e. The van der Waals surface area contributed by atoms with Crippen LogP contribution in [0.5, 0.6) is 0 Å². The van der Waals surface area contributed by atoms with Crippen molar-refractivity contribution in [3.8, 4) is 0 Å². The fraction of sp³-hybridized carbons (Fsp3) is 0.364. The molecule has 2 N–H and O–H groups in total. The van der Waals surface area contributed by atoms with Crippen LogP contribution in [0, 0.1) is 20.2 Å². The summed E-state index contributed by atoms with van der Waals surface area (Å²) in [6.45, 7) is 7.91. The number of allylic oxidation sites excluding steroid dienone is 10. The van der Waals surface area contributed by atoms with Gasteiger partial charge in [-0.1, -0.05) is 0 Å². The van der Waals surface area contributed by atoms with Crippen molar-refractivity contribution < 1.29 is 36.2 Å². The van der Waals surface area contributed by atoms with Gasteiger partial charge in [-0.15, -0.1) is 0 Å². The van der Waals surface area contributed by atoms with E-state index < -0.39 is 32.8 Å². The summed E-state index contributed by atoms with van der Waals surface area (Å²) in [5.74, 6) is -1.23. The summed E-state index contributed by atoms with van der Waals surface area (Å²) < 4.78 is 0. The van der Waals surface area contributed by atoms with E-state index in [1.807, 2.05) is 0 Å². The number of unbranched alkanes of at least 4 members (excludes halogenated alkanes) is 1. The molecule has 0 atom stereocenters. The van der Waals surface area contributed by atoms with E-state index in [1.165, 1.54) is 12.2 Å². The van der Waals surface area contributed by atoms with Crippen LogP contribution >= 0.6 is 0 Å². The first-order valence-electron chi connectivity index (χ1n) is 10.1. The van der Waals surface area contributed by atoms with Crippen LogP contribution in [0.1, 0.15) is 40.5 Å². The van der Waals surface area contributed by atoms with Gasteiger partial charge in [-0.25, -0.2) is 0 Å². The van der Waals surface area contributed by atoms with Crippen LogP contribution in [0.3, 0.4) is 0 Å². The average Bonchev–Trinajstić information content (AvgIpc) is 2.72. The maximum absolute atomic E-state index is 12.3. The first kappa shape index (κ1) is 27.7. The molecule has 0 aliphatic heterocycles. The van der Waals surface area contributed by atoms with E-state index >= 15 is 0 Å². The molecular weight excluding hydrogens is 475 g/mol. The quantitative estimate of drug-likeness (QED) is 0.212. The van der Waals surface area contributed by atoms with Gasteiger partial charge in [-0.3, -0.25) is 29.8 Å². The maximum atomic E-state index is 12.3. The topological polar surface area (TPSA) is 144 Å². The predicted octanol–water partition coefficient (Wildman–Crippen LogP) is 2.87. The summed E-state index contributed by atoms with van der Waals surface area (Å²) in [7, 11) is 0. The molecule has 179 valence electrons. The standard InChI is InChI=1S/C22H26N4O6.Co/c1-13-9-17(21(27)19(11-13)25(29)30)15(3)23-7-5-6-8-24-16(4)18-10-14(2)12-20(22(18)28)26(31)32;/h9-12,23-24H,5-8H2,1-4H3;. The Morgan fingerprint density at radius 3 is 1.39 bits per heavy atom. The minimum Gasteiger partial charge on any atom is -0.388 e. The van der Waals surface area contributed by atoms with Crippen LogP contribution in [0.15, 0.2) is 69.4 Å². The largest absolute Gasteiger partial charge is 0.388 e. The van der Waals surface area contributed by atoms with Gasteiger partial charge in [0.05, 0.1) is 9.85 Å². The van der Waals surface area contributed by atoms with Gasteiger partial charge in [0.2, 0.25) is 0 Å². The molecule has 0 spiro atoms. The molecule has 0 amide bonds. The van der Waals surface area contributed by atoms with E-state index in [0.29, 0.717) is 35.6 Å². The number of nitro groups is 2. The SMILES string of the molecule is CC1=CC(=C(C)NCCCCNC(C)=C2C=C(C)C=C([N+](=O)[O-])C2=O)C(=O)C([N+](=O)[O-])=C1.[Co]. The minimum absolute atomic E-state index is 0. The van der Waals surface area contributed by atoms with Crippen molar-refractivity contribution in [2.45, 2.75) is 40.5 Å². The number of Topliss-reactive ketones (excluding diaryl/α,β-unsaturated/α-hetero) is 2. The number of hydrogen-bond acceptors (Lipinski definition) is 8. The first-order chi connectivity index (χ1) is 15.0. The molecule has 0 fully saturated rings. The maximum Gasteiger partial charge on any atom is 0.317 e. The Kier molecular flexibility index (Phi) is 10.1. The van der Waals surface area contributed by atoms with Crippen molar-refractivity contribution in [1.82, 2.24) is 10.6 Å². The summed E-state index contributed by atoms with van der Waals surface area (Å²) in [4.78, 5) is 45.3. The van der Waals surface area contributed by atoms with Crippen LogP contribution in [-0.4, -0.2) is 34.5 Å². The average molecular weight is 501 g/mol. The van der Waals surface area contributed by atoms with Crippen molar-refractivity contribution in [2.75, 3.05) is 13.1 Å². The third kappa shape index (κ3) is 7.09. The molecule has 0 aromatic carbocycles. The van der Waals surface area contributed by atoms with Gasteiger partial charge >= 0.3 is 11.4 Å². The third-order valence-corrected chi connectivity index (χ3v) is 5.01. The number of nitrogens with one attached hydrogen (secondary N) is 2. The Bertz CT molecular complexity index is 979. The molecule has 0 saturated heterocycles. The second-order valence-electron chi connectivity index (χ2n) is 7.65. The summed E-state index contributed by atoms with van der Waals surface area (Å²) in [5, 5.41) is 28.3. The zero-order chi connectivity index (χ0) is 24.0. The van der Waals surface area contributed by atoms with Crippen molar-refractivity contribution >= 4 is 11.6 Å². The van der Waals surface area contributed by atoms with Crippen LogP contribution in [0.2, 0.25) is 0 Å². The Labute approximate surface area is 201 Å². The summed E-state index contributed by atoms with van der Waals surface area (Å²) in [6.07, 6.45) is 7.24. The van der Waals surface area contributed by atoms with Crippen molar-refractivity contribution in [2.24, 2.45) is 0 Å². The molecule has 0 unspecified atom stereocenters. The molecule has 0 aromatic heterocycles. The molecule has 2 aliphatic rings. The zero-order valence-corrected chi connectivity index (χ0v) is 19.9. The van der Waals surface area contributed by atoms with Gasteiger partial charge in [0.25, 0.3) is 11.6 Å². The van der Waals surface area contributed by atoms with Crippen LogP contribution < -0.4 is 10.6 Å². The molecule has 0 saturated carbocycles. The predicted molar refractivity (Wildman–Crippen MR) is 118 cm³/mol. The van der Waals surface area contributed by atoms with Gasteiger partial charge in [0, 0.05) is 64.6 Å². The molecule has 0 bridgehead atoms. The Balaban J connectivity index is 0.00000544. The van der Waals surface area contributed by atoms with Crippen molar-refractivity contribution in [1.29, 1.82) is 0 Å². The van der Waals surface area contributed by atoms with Gasteiger partial charge in [-0.05, 0) is 63.8 Å². The summed E-state index contributed by atoms with van der Waals surface area (Å²) in [5.41, 5.74) is 2.09. The van der Waals surface area contributed by atoms with Crippen LogP contribution in [-0.2, 0) is 26.4 Å². The molecule has 10 nitrogen and oxygen atoms in total. The van der Waals surface area contributed by atoms with Crippen LogP contribution in [0.25, 0.3) is 0 Å². The van der Waals surface area contributed by atoms with Crippen molar-refractivity contribution in [3.63, 3.8) is 0 Å². The number of ketones is 2. The Morgan fingerprint density at radius 2 is 1.09 bits per heavy atom. The van der Waals surface area contributed by atoms with Crippen molar-refractivity contribution in [3.05, 3.63) is 89.6 Å². The third-order valence-electron chi connectivity index (χ3n) is 5.01. The van der Waals surface area contributed by atoms with E-state index in [1.54, 1.807) is 39.8 Å². The van der Waals surface area contributed by atoms with Crippen LogP contribution in [0.4, 0.5) is 0 Å². The van der Waals surface area contributed by atoms with E-state index in [2.05, 4.69) is 10.6 Å². The molecule has 2 aliphatic carbocycles. The van der Waals surface area contributed by atoms with E-state index in [0.717, 1.165) is 12.8 Å². The molecule has 33 heavy (non-hydrogen) atoms. The Morgan fingerprint density at radius 1 is 0.758 bits per heavy atom. The minimum atomic E-state index is -0.674. The number of carbonyl (C=O) groups is 2. The number of hydrogen-bond donors (Lipinski definition) is 2. The van der Waals surface area contributed by atoms with Gasteiger partial charge < -0.3 is 10.6 Å². The molecule has 0 heterocycles. The second-order valence-corrected chi connectivity index (χ2v) is 7.65. The number of carbonyl (C=O) groups excluding carboxylic acids is 2. The fourth-order valence-electron chi connectivity index (χ4n) is 3.33. The monoisotopic (exact) mass is 501 g/mol. The Hall–Kier alpha value is -3.31. The summed E-state index contributed by atoms with van der Waals surface area (Å²) >= 11 is 0. The number of rotatable bonds is 9. The molecular formula is C22H26CoN4O6. The number of nitrogens with zero attached hydrogens (tertiary/aromatic N) is 2. The second kappa shape index (κ2) is 12.1. The molecule has 2 rings (SSSR count). The van der Waals surface area contributed by atoms with Gasteiger partial charge in [-0.2, -0.15) is 0 Å². The molecule has 1 radical (unpaired) electrons. The fourth-order valence-corrected chi connectivity index (χ4v) is 3.33. The van der Waals surface area contributed by atoms with Gasteiger partial charge in [0.15, 0.2) is 0 Å². The van der Waals surface area contributed by atoms with E-state index in [9.17, 15) is 29.8 Å². The van der Waals surface area contributed by atoms with Gasteiger partial charge in [0.1, 0.15) is 0 Å². The normalized spacial score (nSPS) is 18.8. The molecule has 0 aromatic rings. The zero-order valence-electron chi connectivity index (χ0n) is 18.8. The summed E-state index contributed by atoms with van der Waals surface area (Å²) in [6, 6.07) is 0.